The van der Waals surface area contributed by atoms with Crippen molar-refractivity contribution in [1.29, 1.82) is 0 Å². The predicted molar refractivity (Wildman–Crippen MR) is 137 cm³/mol. The van der Waals surface area contributed by atoms with Crippen LogP contribution >= 0.6 is 35.3 Å². The quantitative estimate of drug-likeness (QED) is 0.231. The Morgan fingerprint density at radius 1 is 1.28 bits per heavy atom. The van der Waals surface area contributed by atoms with Crippen molar-refractivity contribution in [2.45, 2.75) is 26.0 Å². The second kappa shape index (κ2) is 12.2. The first-order valence-electron chi connectivity index (χ1n) is 10.3. The molecule has 0 radical (unpaired) electrons. The fourth-order valence-corrected chi connectivity index (χ4v) is 3.97. The van der Waals surface area contributed by atoms with Gasteiger partial charge in [-0.15, -0.1) is 35.3 Å². The molecule has 174 valence electrons. The van der Waals surface area contributed by atoms with Crippen molar-refractivity contribution in [2.75, 3.05) is 32.7 Å². The van der Waals surface area contributed by atoms with E-state index in [2.05, 4.69) is 20.9 Å². The Morgan fingerprint density at radius 3 is 2.66 bits per heavy atom. The van der Waals surface area contributed by atoms with E-state index in [-0.39, 0.29) is 42.3 Å². The fraction of sp³-hybridized carbons (Fsp3) is 0.409. The summed E-state index contributed by atoms with van der Waals surface area (Å²) in [6.45, 7) is 6.31. The van der Waals surface area contributed by atoms with Crippen molar-refractivity contribution in [3.05, 3.63) is 57.8 Å². The minimum Gasteiger partial charge on any atom is -0.383 e. The second-order valence-electron chi connectivity index (χ2n) is 7.57. The molecule has 1 atom stereocenters. The van der Waals surface area contributed by atoms with Gasteiger partial charge in [0.05, 0.1) is 19.6 Å². The van der Waals surface area contributed by atoms with Crippen LogP contribution in [0.4, 0.5) is 0 Å². The zero-order valence-electron chi connectivity index (χ0n) is 18.3. The molecular weight excluding hydrogens is 541 g/mol. The first-order valence-corrected chi connectivity index (χ1v) is 11.2. The van der Waals surface area contributed by atoms with Crippen LogP contribution < -0.4 is 16.0 Å². The number of carbonyl (C=O) groups excluding carboxylic acids is 2. The Kier molecular flexibility index (Phi) is 9.91. The molecule has 3 rings (SSSR count). The summed E-state index contributed by atoms with van der Waals surface area (Å²) in [5.74, 6) is 0.335. The molecular formula is C22H30IN5O3S. The molecule has 1 aliphatic heterocycles. The maximum atomic E-state index is 12.6. The van der Waals surface area contributed by atoms with E-state index in [9.17, 15) is 14.7 Å². The van der Waals surface area contributed by atoms with Crippen LogP contribution in [-0.4, -0.2) is 60.5 Å². The number of amides is 2. The number of aliphatic hydroxyl groups is 1. The molecule has 1 saturated heterocycles. The van der Waals surface area contributed by atoms with Crippen LogP contribution in [0, 0.1) is 0 Å². The van der Waals surface area contributed by atoms with Crippen LogP contribution in [0.3, 0.4) is 0 Å². The molecule has 2 amide bonds. The summed E-state index contributed by atoms with van der Waals surface area (Å²) in [6, 6.07) is 11.1. The normalized spacial score (nSPS) is 15.9. The Balaban J connectivity index is 0.00000363. The van der Waals surface area contributed by atoms with Crippen LogP contribution in [0.5, 0.6) is 0 Å². The molecule has 1 fully saturated rings. The zero-order chi connectivity index (χ0) is 22.3. The number of piperazine rings is 1. The third kappa shape index (κ3) is 7.17. The van der Waals surface area contributed by atoms with Gasteiger partial charge in [-0.3, -0.25) is 9.59 Å². The number of benzene rings is 1. The molecule has 1 aliphatic rings. The van der Waals surface area contributed by atoms with Crippen LogP contribution in [0.2, 0.25) is 0 Å². The summed E-state index contributed by atoms with van der Waals surface area (Å²) < 4.78 is 0. The Hall–Kier alpha value is -2.18. The van der Waals surface area contributed by atoms with E-state index in [0.29, 0.717) is 44.2 Å². The average Bonchev–Trinajstić information content (AvgIpc) is 3.32. The van der Waals surface area contributed by atoms with Gasteiger partial charge in [-0.05, 0) is 43.0 Å². The number of rotatable bonds is 7. The van der Waals surface area contributed by atoms with Gasteiger partial charge in [-0.2, -0.15) is 0 Å². The van der Waals surface area contributed by atoms with E-state index < -0.39 is 5.60 Å². The van der Waals surface area contributed by atoms with E-state index in [4.69, 9.17) is 0 Å². The lowest BCUT2D eigenvalue weighted by atomic mass is 10.1. The Labute approximate surface area is 209 Å². The Bertz CT molecular complexity index is 916. The van der Waals surface area contributed by atoms with Gasteiger partial charge >= 0.3 is 0 Å². The topological polar surface area (TPSA) is 106 Å². The number of halogens is 1. The molecule has 1 aromatic heterocycles. The lowest BCUT2D eigenvalue weighted by Gasteiger charge is -2.26. The van der Waals surface area contributed by atoms with Crippen LogP contribution in [0.15, 0.2) is 46.8 Å². The highest BCUT2D eigenvalue weighted by Crippen LogP contribution is 2.24. The summed E-state index contributed by atoms with van der Waals surface area (Å²) in [7, 11) is 0. The maximum absolute atomic E-state index is 12.6. The molecule has 1 aromatic carbocycles. The molecule has 10 heteroatoms. The van der Waals surface area contributed by atoms with E-state index in [1.807, 2.05) is 36.6 Å². The van der Waals surface area contributed by atoms with Gasteiger partial charge in [0.15, 0.2) is 5.96 Å². The molecule has 0 spiro atoms. The summed E-state index contributed by atoms with van der Waals surface area (Å²) in [5, 5.41) is 21.7. The number of hydrogen-bond donors (Lipinski definition) is 4. The number of hydrogen-bond acceptors (Lipinski definition) is 5. The lowest BCUT2D eigenvalue weighted by Crippen LogP contribution is -2.49. The van der Waals surface area contributed by atoms with Crippen molar-refractivity contribution in [1.82, 2.24) is 20.9 Å². The Morgan fingerprint density at radius 2 is 2.03 bits per heavy atom. The lowest BCUT2D eigenvalue weighted by molar-refractivity contribution is -0.123. The standard InChI is InChI=1S/C22H29N5O3S.HI/c1-3-23-21(26-15-22(2,30)18-5-4-12-31-18)25-13-16-6-8-17(9-7-16)20(29)27-11-10-24-19(28)14-27;/h4-9,12,30H,3,10-11,13-15H2,1-2H3,(H,24,28)(H2,23,25,26);1H. The molecule has 8 nitrogen and oxygen atoms in total. The summed E-state index contributed by atoms with van der Waals surface area (Å²) in [5.41, 5.74) is 0.521. The van der Waals surface area contributed by atoms with E-state index in [1.165, 1.54) is 11.3 Å². The van der Waals surface area contributed by atoms with E-state index in [0.717, 1.165) is 10.4 Å². The average molecular weight is 571 g/mol. The van der Waals surface area contributed by atoms with Crippen molar-refractivity contribution in [2.24, 2.45) is 4.99 Å². The van der Waals surface area contributed by atoms with Gasteiger partial charge in [0.1, 0.15) is 5.60 Å². The first kappa shape index (κ1) is 26.1. The minimum absolute atomic E-state index is 0. The molecule has 0 bridgehead atoms. The number of nitrogens with one attached hydrogen (secondary N) is 3. The molecule has 2 aromatic rings. The smallest absolute Gasteiger partial charge is 0.254 e. The van der Waals surface area contributed by atoms with Crippen molar-refractivity contribution in [3.8, 4) is 0 Å². The summed E-state index contributed by atoms with van der Waals surface area (Å²) in [4.78, 5) is 31.1. The van der Waals surface area contributed by atoms with Gasteiger partial charge in [0.25, 0.3) is 5.91 Å². The maximum Gasteiger partial charge on any atom is 0.254 e. The largest absolute Gasteiger partial charge is 0.383 e. The predicted octanol–water partition coefficient (Wildman–Crippen LogP) is 1.90. The van der Waals surface area contributed by atoms with Crippen LogP contribution in [0.1, 0.15) is 34.6 Å². The van der Waals surface area contributed by atoms with Crippen LogP contribution in [-0.2, 0) is 16.9 Å². The highest BCUT2D eigenvalue weighted by atomic mass is 127. The SMILES string of the molecule is CCNC(=NCc1ccc(C(=O)N2CCNC(=O)C2)cc1)NCC(C)(O)c1cccs1.I. The number of nitrogens with zero attached hydrogens (tertiary/aromatic N) is 2. The van der Waals surface area contributed by atoms with Crippen molar-refractivity contribution >= 4 is 53.1 Å². The van der Waals surface area contributed by atoms with Crippen molar-refractivity contribution in [3.63, 3.8) is 0 Å². The molecule has 2 heterocycles. The summed E-state index contributed by atoms with van der Waals surface area (Å²) >= 11 is 1.52. The van der Waals surface area contributed by atoms with Crippen molar-refractivity contribution < 1.29 is 14.7 Å². The van der Waals surface area contributed by atoms with Gasteiger partial charge in [-0.1, -0.05) is 18.2 Å². The highest BCUT2D eigenvalue weighted by molar-refractivity contribution is 14.0. The highest BCUT2D eigenvalue weighted by Gasteiger charge is 2.24. The third-order valence-electron chi connectivity index (χ3n) is 4.94. The fourth-order valence-electron chi connectivity index (χ4n) is 3.19. The molecule has 0 aliphatic carbocycles. The number of carbonyl (C=O) groups is 2. The second-order valence-corrected chi connectivity index (χ2v) is 8.52. The first-order chi connectivity index (χ1) is 14.9. The molecule has 0 saturated carbocycles. The van der Waals surface area contributed by atoms with E-state index in [1.54, 1.807) is 24.0 Å². The third-order valence-corrected chi connectivity index (χ3v) is 6.07. The van der Waals surface area contributed by atoms with Gasteiger partial charge < -0.3 is 26.0 Å². The van der Waals surface area contributed by atoms with Crippen LogP contribution in [0.25, 0.3) is 0 Å². The number of thiophene rings is 1. The number of guanidine groups is 1. The summed E-state index contributed by atoms with van der Waals surface area (Å²) in [6.07, 6.45) is 0. The van der Waals surface area contributed by atoms with E-state index >= 15 is 0 Å². The number of aliphatic imine (C=N–C) groups is 1. The molecule has 1 unspecified atom stereocenters. The van der Waals surface area contributed by atoms with Gasteiger partial charge in [0.2, 0.25) is 5.91 Å². The van der Waals surface area contributed by atoms with Gasteiger partial charge in [-0.25, -0.2) is 4.99 Å². The molecule has 32 heavy (non-hydrogen) atoms. The molecule has 4 N–H and O–H groups in total. The minimum atomic E-state index is -0.988. The van der Waals surface area contributed by atoms with Gasteiger partial charge in [0, 0.05) is 30.1 Å². The zero-order valence-corrected chi connectivity index (χ0v) is 21.4. The monoisotopic (exact) mass is 571 g/mol.